The molecule has 0 heterocycles. The molecule has 1 aliphatic rings. The number of aliphatic hydroxyl groups excluding tert-OH is 1. The third-order valence-corrected chi connectivity index (χ3v) is 7.00. The number of unbranched alkanes of at least 4 members (excludes halogenated alkanes) is 14. The van der Waals surface area contributed by atoms with Crippen LogP contribution in [0.15, 0.2) is 23.8 Å². The Morgan fingerprint density at radius 1 is 0.844 bits per heavy atom. The largest absolute Gasteiger partial charge is 0.481 e. The zero-order valence-electron chi connectivity index (χ0n) is 20.9. The topological polar surface area (TPSA) is 74.6 Å². The highest BCUT2D eigenvalue weighted by molar-refractivity contribution is 5.99. The molecule has 0 aromatic rings. The highest BCUT2D eigenvalue weighted by atomic mass is 16.4. The van der Waals surface area contributed by atoms with Crippen molar-refractivity contribution in [3.05, 3.63) is 23.8 Å². The van der Waals surface area contributed by atoms with Crippen LogP contribution in [0, 0.1) is 11.3 Å². The van der Waals surface area contributed by atoms with Gasteiger partial charge in [-0.05, 0) is 12.3 Å². The molecule has 0 aromatic heterocycles. The van der Waals surface area contributed by atoms with Gasteiger partial charge in [-0.3, -0.25) is 9.59 Å². The lowest BCUT2D eigenvalue weighted by atomic mass is 9.69. The maximum Gasteiger partial charge on any atom is 0.316 e. The minimum Gasteiger partial charge on any atom is -0.481 e. The van der Waals surface area contributed by atoms with Gasteiger partial charge in [-0.25, -0.2) is 0 Å². The lowest BCUT2D eigenvalue weighted by molar-refractivity contribution is -0.153. The van der Waals surface area contributed by atoms with Crippen molar-refractivity contribution in [1.29, 1.82) is 0 Å². The van der Waals surface area contributed by atoms with Crippen molar-refractivity contribution in [3.63, 3.8) is 0 Å². The van der Waals surface area contributed by atoms with Crippen LogP contribution in [0.1, 0.15) is 124 Å². The number of allylic oxidation sites excluding steroid dienone is 2. The number of aliphatic carboxylic acids is 1. The molecule has 0 saturated heterocycles. The average Bonchev–Trinajstić information content (AvgIpc) is 2.76. The van der Waals surface area contributed by atoms with E-state index in [1.165, 1.54) is 89.2 Å². The summed E-state index contributed by atoms with van der Waals surface area (Å²) >= 11 is 0. The maximum atomic E-state index is 12.6. The van der Waals surface area contributed by atoms with Crippen molar-refractivity contribution in [3.8, 4) is 0 Å². The van der Waals surface area contributed by atoms with Gasteiger partial charge in [0.25, 0.3) is 0 Å². The summed E-state index contributed by atoms with van der Waals surface area (Å²) in [4.78, 5) is 24.4. The third kappa shape index (κ3) is 9.60. The fourth-order valence-corrected chi connectivity index (χ4v) is 4.66. The first-order valence-corrected chi connectivity index (χ1v) is 13.2. The summed E-state index contributed by atoms with van der Waals surface area (Å²) < 4.78 is 0. The standard InChI is InChI=1S/C28H48O4/c1-4-5-6-7-8-9-10-11-12-13-14-15-16-17-18-19-25(29)24-20-21-26(30)28(22-24,23(2)3)27(31)32/h20-23,26,30H,4-19H2,1-3H3,(H,31,32). The van der Waals surface area contributed by atoms with Crippen molar-refractivity contribution in [2.75, 3.05) is 0 Å². The summed E-state index contributed by atoms with van der Waals surface area (Å²) in [5.74, 6) is -1.41. The molecular weight excluding hydrogens is 400 g/mol. The number of carboxylic acid groups (broad SMARTS) is 1. The molecule has 0 aliphatic heterocycles. The highest BCUT2D eigenvalue weighted by Crippen LogP contribution is 2.39. The van der Waals surface area contributed by atoms with Crippen LogP contribution >= 0.6 is 0 Å². The van der Waals surface area contributed by atoms with Gasteiger partial charge >= 0.3 is 5.97 Å². The van der Waals surface area contributed by atoms with Gasteiger partial charge in [0.1, 0.15) is 5.41 Å². The molecular formula is C28H48O4. The van der Waals surface area contributed by atoms with Crippen LogP contribution in [-0.4, -0.2) is 28.1 Å². The summed E-state index contributed by atoms with van der Waals surface area (Å²) in [6.45, 7) is 5.80. The van der Waals surface area contributed by atoms with Gasteiger partial charge in [0.05, 0.1) is 6.10 Å². The number of Topliss-reactive ketones (excluding diaryl/α,β-unsaturated/α-hetero) is 1. The molecule has 32 heavy (non-hydrogen) atoms. The van der Waals surface area contributed by atoms with Crippen molar-refractivity contribution in [2.45, 2.75) is 130 Å². The molecule has 4 nitrogen and oxygen atoms in total. The molecule has 0 spiro atoms. The number of hydrogen-bond donors (Lipinski definition) is 2. The van der Waals surface area contributed by atoms with E-state index >= 15 is 0 Å². The van der Waals surface area contributed by atoms with Crippen molar-refractivity contribution >= 4 is 11.8 Å². The van der Waals surface area contributed by atoms with Gasteiger partial charge in [-0.1, -0.05) is 129 Å². The Bertz CT molecular complexity index is 605. The van der Waals surface area contributed by atoms with Gasteiger partial charge in [0, 0.05) is 12.0 Å². The number of aliphatic hydroxyl groups is 1. The smallest absolute Gasteiger partial charge is 0.316 e. The predicted octanol–water partition coefficient (Wildman–Crippen LogP) is 7.40. The van der Waals surface area contributed by atoms with E-state index in [9.17, 15) is 19.8 Å². The van der Waals surface area contributed by atoms with Crippen LogP contribution in [0.25, 0.3) is 0 Å². The Labute approximate surface area is 196 Å². The van der Waals surface area contributed by atoms with E-state index in [0.717, 1.165) is 19.3 Å². The molecule has 184 valence electrons. The first-order valence-electron chi connectivity index (χ1n) is 13.2. The number of carbonyl (C=O) groups is 2. The zero-order valence-corrected chi connectivity index (χ0v) is 20.9. The molecule has 0 aromatic carbocycles. The third-order valence-electron chi connectivity index (χ3n) is 7.00. The van der Waals surface area contributed by atoms with Crippen molar-refractivity contribution in [1.82, 2.24) is 0 Å². The minimum absolute atomic E-state index is 0.0193. The second-order valence-corrected chi connectivity index (χ2v) is 9.92. The molecule has 2 unspecified atom stereocenters. The second kappa shape index (κ2) is 16.2. The highest BCUT2D eigenvalue weighted by Gasteiger charge is 2.47. The van der Waals surface area contributed by atoms with Gasteiger partial charge in [0.15, 0.2) is 5.78 Å². The van der Waals surface area contributed by atoms with Crippen LogP contribution < -0.4 is 0 Å². The Morgan fingerprint density at radius 3 is 1.69 bits per heavy atom. The van der Waals surface area contributed by atoms with E-state index in [0.29, 0.717) is 12.0 Å². The number of rotatable bonds is 19. The van der Waals surface area contributed by atoms with Crippen LogP contribution in [-0.2, 0) is 9.59 Å². The van der Waals surface area contributed by atoms with Gasteiger partial charge in [0.2, 0.25) is 0 Å². The molecule has 0 radical (unpaired) electrons. The lowest BCUT2D eigenvalue weighted by Crippen LogP contribution is -2.46. The molecule has 2 atom stereocenters. The van der Waals surface area contributed by atoms with Crippen molar-refractivity contribution in [2.24, 2.45) is 11.3 Å². The molecule has 2 N–H and O–H groups in total. The normalized spacial score (nSPS) is 20.5. The Morgan fingerprint density at radius 2 is 1.28 bits per heavy atom. The van der Waals surface area contributed by atoms with Gasteiger partial charge in [-0.2, -0.15) is 0 Å². The van der Waals surface area contributed by atoms with E-state index in [-0.39, 0.29) is 11.7 Å². The summed E-state index contributed by atoms with van der Waals surface area (Å²) in [5.41, 5.74) is -0.994. The summed E-state index contributed by atoms with van der Waals surface area (Å²) in [5, 5.41) is 19.9. The first kappa shape index (κ1) is 28.6. The fraction of sp³-hybridized carbons (Fsp3) is 0.786. The first-order chi connectivity index (χ1) is 15.4. The fourth-order valence-electron chi connectivity index (χ4n) is 4.66. The number of ketones is 1. The number of hydrogen-bond acceptors (Lipinski definition) is 3. The molecule has 0 saturated carbocycles. The summed E-state index contributed by atoms with van der Waals surface area (Å²) in [6.07, 6.45) is 23.1. The average molecular weight is 449 g/mol. The molecule has 0 bridgehead atoms. The Balaban J connectivity index is 2.13. The molecule has 4 heteroatoms. The molecule has 0 amide bonds. The quantitative estimate of drug-likeness (QED) is 0.202. The number of carbonyl (C=O) groups excluding carboxylic acids is 1. The molecule has 0 fully saturated rings. The maximum absolute atomic E-state index is 12.6. The Kier molecular flexibility index (Phi) is 14.5. The predicted molar refractivity (Wildman–Crippen MR) is 133 cm³/mol. The van der Waals surface area contributed by atoms with Crippen molar-refractivity contribution < 1.29 is 19.8 Å². The van der Waals surface area contributed by atoms with Crippen LogP contribution in [0.3, 0.4) is 0 Å². The van der Waals surface area contributed by atoms with E-state index in [1.807, 2.05) is 0 Å². The lowest BCUT2D eigenvalue weighted by Gasteiger charge is -2.36. The van der Waals surface area contributed by atoms with E-state index in [2.05, 4.69) is 6.92 Å². The second-order valence-electron chi connectivity index (χ2n) is 9.92. The SMILES string of the molecule is CCCCCCCCCCCCCCCCCC(=O)C1=CC(C(=O)O)(C(C)C)C(O)C=C1. The van der Waals surface area contributed by atoms with E-state index < -0.39 is 17.5 Å². The zero-order chi connectivity index (χ0) is 23.8. The molecule has 1 aliphatic carbocycles. The summed E-state index contributed by atoms with van der Waals surface area (Å²) in [7, 11) is 0. The Hall–Kier alpha value is -1.42. The number of carboxylic acids is 1. The monoisotopic (exact) mass is 448 g/mol. The van der Waals surface area contributed by atoms with Gasteiger partial charge in [-0.15, -0.1) is 0 Å². The summed E-state index contributed by atoms with van der Waals surface area (Å²) in [6, 6.07) is 0. The minimum atomic E-state index is -1.42. The molecule has 1 rings (SSSR count). The van der Waals surface area contributed by atoms with Crippen LogP contribution in [0.5, 0.6) is 0 Å². The van der Waals surface area contributed by atoms with Gasteiger partial charge < -0.3 is 10.2 Å². The van der Waals surface area contributed by atoms with E-state index in [1.54, 1.807) is 19.9 Å². The van der Waals surface area contributed by atoms with E-state index in [4.69, 9.17) is 0 Å². The van der Waals surface area contributed by atoms with Crippen LogP contribution in [0.4, 0.5) is 0 Å². The van der Waals surface area contributed by atoms with Crippen LogP contribution in [0.2, 0.25) is 0 Å².